The lowest BCUT2D eigenvalue weighted by atomic mass is 10.2. The van der Waals surface area contributed by atoms with E-state index in [1.54, 1.807) is 0 Å². The van der Waals surface area contributed by atoms with E-state index in [4.69, 9.17) is 14.2 Å². The molecule has 2 aliphatic rings. The summed E-state index contributed by atoms with van der Waals surface area (Å²) in [6, 6.07) is 8.92. The molecule has 0 bridgehead atoms. The van der Waals surface area contributed by atoms with Gasteiger partial charge in [0.25, 0.3) is 0 Å². The molecule has 0 spiro atoms. The number of anilines is 1. The van der Waals surface area contributed by atoms with Gasteiger partial charge in [0.1, 0.15) is 24.8 Å². The number of nitrogens with zero attached hydrogens (tertiary/aromatic N) is 2. The van der Waals surface area contributed by atoms with Crippen LogP contribution in [-0.4, -0.2) is 57.4 Å². The summed E-state index contributed by atoms with van der Waals surface area (Å²) in [6.07, 6.45) is 0.911. The third-order valence-electron chi connectivity index (χ3n) is 5.09. The number of para-hydroxylation sites is 1. The summed E-state index contributed by atoms with van der Waals surface area (Å²) in [4.78, 5) is 4.81. The molecule has 0 atom stereocenters. The fraction of sp³-hybridized carbons (Fsp3) is 0.429. The second-order valence-corrected chi connectivity index (χ2v) is 8.74. The van der Waals surface area contributed by atoms with Crippen LogP contribution in [0.3, 0.4) is 0 Å². The van der Waals surface area contributed by atoms with Crippen LogP contribution < -0.4 is 19.1 Å². The smallest absolute Gasteiger partial charge is 0.184 e. The minimum Gasteiger partial charge on any atom is -0.491 e. The second kappa shape index (κ2) is 9.53. The summed E-state index contributed by atoms with van der Waals surface area (Å²) in [5.74, 6) is 2.06. The van der Waals surface area contributed by atoms with Crippen molar-refractivity contribution in [1.82, 2.24) is 4.90 Å². The summed E-state index contributed by atoms with van der Waals surface area (Å²) >= 11 is 6.70. The summed E-state index contributed by atoms with van der Waals surface area (Å²) in [6.45, 7) is 6.66. The molecule has 1 fully saturated rings. The van der Waals surface area contributed by atoms with E-state index in [1.165, 1.54) is 12.1 Å². The fourth-order valence-electron chi connectivity index (χ4n) is 3.65. The summed E-state index contributed by atoms with van der Waals surface area (Å²) < 4.78 is 32.0. The van der Waals surface area contributed by atoms with Crippen molar-refractivity contribution in [3.8, 4) is 17.2 Å². The Bertz CT molecular complexity index is 837. The molecule has 5 nitrogen and oxygen atoms in total. The Morgan fingerprint density at radius 2 is 1.72 bits per heavy atom. The van der Waals surface area contributed by atoms with Crippen molar-refractivity contribution in [3.05, 3.63) is 45.1 Å². The third-order valence-corrected chi connectivity index (χ3v) is 6.26. The van der Waals surface area contributed by atoms with Crippen molar-refractivity contribution >= 4 is 37.5 Å². The van der Waals surface area contributed by atoms with Gasteiger partial charge in [-0.15, -0.1) is 0 Å². The summed E-state index contributed by atoms with van der Waals surface area (Å²) in [5, 5.41) is 0. The van der Waals surface area contributed by atoms with E-state index in [9.17, 15) is 4.39 Å². The maximum Gasteiger partial charge on any atom is 0.184 e. The van der Waals surface area contributed by atoms with Crippen molar-refractivity contribution in [2.45, 2.75) is 6.42 Å². The first-order chi connectivity index (χ1) is 14.1. The highest BCUT2D eigenvalue weighted by Gasteiger charge is 2.23. The van der Waals surface area contributed by atoms with Gasteiger partial charge in [0, 0.05) is 32.7 Å². The van der Waals surface area contributed by atoms with Crippen LogP contribution in [0.15, 0.2) is 39.3 Å². The van der Waals surface area contributed by atoms with E-state index in [-0.39, 0.29) is 5.82 Å². The normalized spacial score (nSPS) is 16.7. The van der Waals surface area contributed by atoms with Gasteiger partial charge < -0.3 is 19.1 Å². The lowest BCUT2D eigenvalue weighted by molar-refractivity contribution is 0.171. The molecule has 0 aliphatic carbocycles. The van der Waals surface area contributed by atoms with Crippen LogP contribution in [0, 0.1) is 5.82 Å². The topological polar surface area (TPSA) is 34.2 Å². The molecule has 0 amide bonds. The highest BCUT2D eigenvalue weighted by Crippen LogP contribution is 2.39. The molecular formula is C21H23Br2FN2O3. The Morgan fingerprint density at radius 3 is 2.48 bits per heavy atom. The van der Waals surface area contributed by atoms with Gasteiger partial charge in [0.15, 0.2) is 11.5 Å². The maximum atomic E-state index is 13.3. The van der Waals surface area contributed by atoms with Gasteiger partial charge in [0.2, 0.25) is 0 Å². The Labute approximate surface area is 187 Å². The molecule has 2 aromatic rings. The quantitative estimate of drug-likeness (QED) is 0.506. The predicted octanol–water partition coefficient (Wildman–Crippen LogP) is 4.71. The van der Waals surface area contributed by atoms with Crippen molar-refractivity contribution in [1.29, 1.82) is 0 Å². The minimum atomic E-state index is -0.300. The van der Waals surface area contributed by atoms with Gasteiger partial charge in [-0.05, 0) is 62.5 Å². The van der Waals surface area contributed by atoms with E-state index in [1.807, 2.05) is 12.1 Å². The number of fused-ring (bicyclic) bond motifs is 1. The zero-order valence-corrected chi connectivity index (χ0v) is 19.2. The molecule has 0 radical (unpaired) electrons. The molecule has 2 heterocycles. The SMILES string of the molecule is Fc1cc(Br)c(OCCCN2CCN(c3cccc4c3OCCO4)CC2)c(Br)c1. The molecule has 8 heteroatoms. The first-order valence-corrected chi connectivity index (χ1v) is 11.3. The molecule has 2 aromatic carbocycles. The molecule has 0 aromatic heterocycles. The molecule has 2 aliphatic heterocycles. The van der Waals surface area contributed by atoms with E-state index < -0.39 is 0 Å². The van der Waals surface area contributed by atoms with Gasteiger partial charge in [-0.2, -0.15) is 0 Å². The Balaban J connectivity index is 1.24. The molecule has 0 N–H and O–H groups in total. The van der Waals surface area contributed by atoms with Gasteiger partial charge in [-0.3, -0.25) is 4.90 Å². The van der Waals surface area contributed by atoms with Gasteiger partial charge >= 0.3 is 0 Å². The molecule has 1 saturated heterocycles. The van der Waals surface area contributed by atoms with Gasteiger partial charge in [0.05, 0.1) is 21.2 Å². The number of hydrogen-bond acceptors (Lipinski definition) is 5. The summed E-state index contributed by atoms with van der Waals surface area (Å²) in [7, 11) is 0. The fourth-order valence-corrected chi connectivity index (χ4v) is 5.01. The zero-order valence-electron chi connectivity index (χ0n) is 16.0. The van der Waals surface area contributed by atoms with Crippen LogP contribution in [0.1, 0.15) is 6.42 Å². The first-order valence-electron chi connectivity index (χ1n) is 9.75. The Kier molecular flexibility index (Phi) is 6.82. The van der Waals surface area contributed by atoms with E-state index in [0.29, 0.717) is 34.5 Å². The largest absolute Gasteiger partial charge is 0.491 e. The number of benzene rings is 2. The molecule has 0 saturated carbocycles. The molecule has 4 rings (SSSR count). The lowest BCUT2D eigenvalue weighted by Crippen LogP contribution is -2.47. The van der Waals surface area contributed by atoms with Gasteiger partial charge in [-0.25, -0.2) is 4.39 Å². The maximum absolute atomic E-state index is 13.3. The summed E-state index contributed by atoms with van der Waals surface area (Å²) in [5.41, 5.74) is 1.12. The van der Waals surface area contributed by atoms with Crippen molar-refractivity contribution in [2.24, 2.45) is 0 Å². The monoisotopic (exact) mass is 528 g/mol. The third kappa shape index (κ3) is 4.98. The van der Waals surface area contributed by atoms with Crippen LogP contribution in [-0.2, 0) is 0 Å². The predicted molar refractivity (Wildman–Crippen MR) is 118 cm³/mol. The lowest BCUT2D eigenvalue weighted by Gasteiger charge is -2.37. The number of piperazine rings is 1. The highest BCUT2D eigenvalue weighted by atomic mass is 79.9. The van der Waals surface area contributed by atoms with E-state index in [0.717, 1.165) is 56.3 Å². The average molecular weight is 530 g/mol. The van der Waals surface area contributed by atoms with Crippen molar-refractivity contribution < 1.29 is 18.6 Å². The van der Waals surface area contributed by atoms with Gasteiger partial charge in [-0.1, -0.05) is 6.07 Å². The number of halogens is 3. The molecule has 156 valence electrons. The van der Waals surface area contributed by atoms with Crippen LogP contribution in [0.2, 0.25) is 0 Å². The molecular weight excluding hydrogens is 507 g/mol. The zero-order chi connectivity index (χ0) is 20.2. The van der Waals surface area contributed by atoms with Crippen LogP contribution in [0.5, 0.6) is 17.2 Å². The average Bonchev–Trinajstić information content (AvgIpc) is 2.72. The second-order valence-electron chi connectivity index (χ2n) is 7.03. The molecule has 29 heavy (non-hydrogen) atoms. The number of ether oxygens (including phenoxy) is 3. The van der Waals surface area contributed by atoms with Crippen LogP contribution >= 0.6 is 31.9 Å². The minimum absolute atomic E-state index is 0.300. The number of hydrogen-bond donors (Lipinski definition) is 0. The van der Waals surface area contributed by atoms with Crippen LogP contribution in [0.4, 0.5) is 10.1 Å². The Morgan fingerprint density at radius 1 is 1.00 bits per heavy atom. The number of rotatable bonds is 6. The highest BCUT2D eigenvalue weighted by molar-refractivity contribution is 9.11. The first kappa shape index (κ1) is 20.8. The van der Waals surface area contributed by atoms with Crippen molar-refractivity contribution in [3.63, 3.8) is 0 Å². The van der Waals surface area contributed by atoms with Crippen molar-refractivity contribution in [2.75, 3.05) is 57.4 Å². The molecule has 0 unspecified atom stereocenters. The Hall–Kier alpha value is -1.51. The standard InChI is InChI=1S/C21H23Br2FN2O3/c22-16-13-15(24)14-17(23)20(16)28-10-2-5-25-6-8-26(9-7-25)18-3-1-4-19-21(18)29-12-11-27-19/h1,3-4,13-14H,2,5-12H2. The van der Waals surface area contributed by atoms with Crippen LogP contribution in [0.25, 0.3) is 0 Å². The van der Waals surface area contributed by atoms with E-state index in [2.05, 4.69) is 47.7 Å². The van der Waals surface area contributed by atoms with E-state index >= 15 is 0 Å².